The molecule has 0 aliphatic rings. The number of carbonyl (C=O) groups is 1. The van der Waals surface area contributed by atoms with Crippen molar-refractivity contribution in [2.24, 2.45) is 5.10 Å². The number of aromatic nitrogens is 3. The highest BCUT2D eigenvalue weighted by Crippen LogP contribution is 2.31. The van der Waals surface area contributed by atoms with Crippen molar-refractivity contribution in [2.45, 2.75) is 5.16 Å². The van der Waals surface area contributed by atoms with Gasteiger partial charge >= 0.3 is 0 Å². The van der Waals surface area contributed by atoms with E-state index in [1.165, 1.54) is 7.11 Å². The van der Waals surface area contributed by atoms with Crippen LogP contribution in [0.25, 0.3) is 17.1 Å². The van der Waals surface area contributed by atoms with Crippen molar-refractivity contribution in [2.75, 3.05) is 12.9 Å². The molecule has 1 aromatic heterocycles. The Labute approximate surface area is 209 Å². The molecule has 1 heterocycles. The van der Waals surface area contributed by atoms with Crippen LogP contribution in [-0.2, 0) is 4.79 Å². The maximum absolute atomic E-state index is 12.4. The van der Waals surface area contributed by atoms with Gasteiger partial charge in [0.15, 0.2) is 11.0 Å². The number of benzene rings is 3. The Bertz CT molecular complexity index is 1410. The molecule has 11 nitrogen and oxygen atoms in total. The van der Waals surface area contributed by atoms with Crippen LogP contribution in [0.3, 0.4) is 0 Å². The molecule has 0 aliphatic heterocycles. The number of nitrogens with zero attached hydrogens (tertiary/aromatic N) is 5. The van der Waals surface area contributed by atoms with Crippen molar-refractivity contribution in [3.05, 3.63) is 88.5 Å². The van der Waals surface area contributed by atoms with Gasteiger partial charge in [0.05, 0.1) is 30.1 Å². The summed E-state index contributed by atoms with van der Waals surface area (Å²) in [4.78, 5) is 22.8. The van der Waals surface area contributed by atoms with Crippen molar-refractivity contribution in [1.82, 2.24) is 20.2 Å². The number of thioether (sulfide) groups is 1. The molecular formula is C24H19N6O5S-. The Morgan fingerprint density at radius 3 is 2.50 bits per heavy atom. The molecule has 182 valence electrons. The largest absolute Gasteiger partial charge is 0.870 e. The lowest BCUT2D eigenvalue weighted by atomic mass is 10.2. The molecule has 1 amide bonds. The third-order valence-corrected chi connectivity index (χ3v) is 5.83. The summed E-state index contributed by atoms with van der Waals surface area (Å²) in [5.41, 5.74) is 3.60. The molecule has 36 heavy (non-hydrogen) atoms. The number of hydrogen-bond donors (Lipinski definition) is 1. The van der Waals surface area contributed by atoms with E-state index in [4.69, 9.17) is 4.74 Å². The Balaban J connectivity index is 1.49. The number of para-hydroxylation sites is 1. The van der Waals surface area contributed by atoms with Crippen LogP contribution in [0.4, 0.5) is 5.69 Å². The highest BCUT2D eigenvalue weighted by atomic mass is 32.2. The first-order valence-corrected chi connectivity index (χ1v) is 11.5. The summed E-state index contributed by atoms with van der Waals surface area (Å²) in [6, 6.07) is 21.2. The van der Waals surface area contributed by atoms with Crippen LogP contribution in [0.15, 0.2) is 83.1 Å². The fraction of sp³-hybridized carbons (Fsp3) is 0.0833. The normalized spacial score (nSPS) is 10.9. The van der Waals surface area contributed by atoms with Crippen molar-refractivity contribution in [3.8, 4) is 28.6 Å². The molecule has 0 spiro atoms. The summed E-state index contributed by atoms with van der Waals surface area (Å²) in [6.45, 7) is 0. The van der Waals surface area contributed by atoms with Crippen LogP contribution < -0.4 is 15.3 Å². The number of hydrazone groups is 1. The smallest absolute Gasteiger partial charge is 0.273 e. The second-order valence-electron chi connectivity index (χ2n) is 7.25. The highest BCUT2D eigenvalue weighted by Gasteiger charge is 2.17. The highest BCUT2D eigenvalue weighted by molar-refractivity contribution is 7.99. The average Bonchev–Trinajstić information content (AvgIpc) is 3.33. The first-order valence-electron chi connectivity index (χ1n) is 10.5. The number of rotatable bonds is 9. The number of amides is 1. The van der Waals surface area contributed by atoms with Gasteiger partial charge in [-0.3, -0.25) is 19.5 Å². The molecule has 1 N–H and O–H groups in total. The molecule has 3 aromatic carbocycles. The Kier molecular flexibility index (Phi) is 7.56. The molecule has 0 fully saturated rings. The Hall–Kier alpha value is -4.71. The van der Waals surface area contributed by atoms with E-state index in [1.54, 1.807) is 0 Å². The van der Waals surface area contributed by atoms with E-state index in [0.717, 1.165) is 41.4 Å². The Morgan fingerprint density at radius 1 is 1.14 bits per heavy atom. The molecule has 0 saturated carbocycles. The van der Waals surface area contributed by atoms with E-state index in [-0.39, 0.29) is 22.8 Å². The summed E-state index contributed by atoms with van der Waals surface area (Å²) in [6.07, 6.45) is 1.04. The van der Waals surface area contributed by atoms with E-state index in [9.17, 15) is 20.0 Å². The third-order valence-electron chi connectivity index (χ3n) is 4.90. The zero-order valence-electron chi connectivity index (χ0n) is 18.9. The molecule has 0 atom stereocenters. The second kappa shape index (κ2) is 11.1. The van der Waals surface area contributed by atoms with Gasteiger partial charge in [0.1, 0.15) is 5.75 Å². The molecule has 0 aliphatic carbocycles. The number of non-ortho nitro benzene ring substituents is 1. The van der Waals surface area contributed by atoms with Gasteiger partial charge < -0.3 is 9.84 Å². The standard InChI is InChI=1S/C24H20N6O5S/c1-35-20-13-19(30(33)34)12-17(22(20)32)14-25-26-21(31)15-36-24-28-27-23(16-8-4-2-5-9-16)29(24)18-10-6-3-7-11-18/h2-14,32H,15H2,1H3,(H,26,31)/p-1. The van der Waals surface area contributed by atoms with Gasteiger partial charge in [0, 0.05) is 17.3 Å². The molecule has 12 heteroatoms. The summed E-state index contributed by atoms with van der Waals surface area (Å²) in [5, 5.41) is 36.2. The summed E-state index contributed by atoms with van der Waals surface area (Å²) < 4.78 is 6.75. The van der Waals surface area contributed by atoms with Gasteiger partial charge in [-0.1, -0.05) is 66.0 Å². The molecule has 0 bridgehead atoms. The molecule has 4 rings (SSSR count). The van der Waals surface area contributed by atoms with Gasteiger partial charge in [0.2, 0.25) is 0 Å². The maximum atomic E-state index is 12.4. The minimum absolute atomic E-state index is 0.0421. The number of nitro benzene ring substituents is 1. The predicted molar refractivity (Wildman–Crippen MR) is 132 cm³/mol. The van der Waals surface area contributed by atoms with Crippen LogP contribution >= 0.6 is 11.8 Å². The van der Waals surface area contributed by atoms with Crippen LogP contribution in [0.2, 0.25) is 0 Å². The van der Waals surface area contributed by atoms with Gasteiger partial charge in [-0.05, 0) is 17.7 Å². The second-order valence-corrected chi connectivity index (χ2v) is 8.19. The fourth-order valence-corrected chi connectivity index (χ4v) is 3.99. The SMILES string of the molecule is COc1cc([N+](=O)[O-])cc(C=NNC(=O)CSc2nnc(-c3ccccc3)n2-c2ccccc2)c1[O-]. The minimum Gasteiger partial charge on any atom is -0.870 e. The summed E-state index contributed by atoms with van der Waals surface area (Å²) in [7, 11) is 1.23. The maximum Gasteiger partial charge on any atom is 0.273 e. The van der Waals surface area contributed by atoms with E-state index < -0.39 is 16.6 Å². The van der Waals surface area contributed by atoms with Crippen LogP contribution in [0.5, 0.6) is 11.5 Å². The first kappa shape index (κ1) is 24.4. The third kappa shape index (κ3) is 5.50. The zero-order chi connectivity index (χ0) is 25.5. The minimum atomic E-state index is -0.652. The van der Waals surface area contributed by atoms with E-state index >= 15 is 0 Å². The molecule has 0 saturated heterocycles. The predicted octanol–water partition coefficient (Wildman–Crippen LogP) is 3.17. The van der Waals surface area contributed by atoms with Gasteiger partial charge in [-0.25, -0.2) is 5.43 Å². The number of carbonyl (C=O) groups excluding carboxylic acids is 1. The lowest BCUT2D eigenvalue weighted by Crippen LogP contribution is -2.20. The van der Waals surface area contributed by atoms with Gasteiger partial charge in [0.25, 0.3) is 11.6 Å². The molecule has 4 aromatic rings. The van der Waals surface area contributed by atoms with E-state index in [2.05, 4.69) is 20.7 Å². The van der Waals surface area contributed by atoms with E-state index in [1.807, 2.05) is 65.2 Å². The lowest BCUT2D eigenvalue weighted by molar-refractivity contribution is -0.385. The number of nitro groups is 1. The average molecular weight is 504 g/mol. The number of hydrogen-bond acceptors (Lipinski definition) is 9. The quantitative estimate of drug-likeness (QED) is 0.158. The summed E-state index contributed by atoms with van der Waals surface area (Å²) in [5.74, 6) is -0.656. The van der Waals surface area contributed by atoms with Gasteiger partial charge in [-0.15, -0.1) is 10.2 Å². The topological polar surface area (TPSA) is 148 Å². The van der Waals surface area contributed by atoms with Crippen molar-refractivity contribution in [3.63, 3.8) is 0 Å². The molecule has 0 radical (unpaired) electrons. The van der Waals surface area contributed by atoms with Crippen LogP contribution in [0, 0.1) is 10.1 Å². The zero-order valence-corrected chi connectivity index (χ0v) is 19.7. The fourth-order valence-electron chi connectivity index (χ4n) is 3.25. The molecular weight excluding hydrogens is 484 g/mol. The van der Waals surface area contributed by atoms with Crippen molar-refractivity contribution >= 4 is 29.6 Å². The monoisotopic (exact) mass is 503 g/mol. The van der Waals surface area contributed by atoms with E-state index in [0.29, 0.717) is 11.0 Å². The van der Waals surface area contributed by atoms with Crippen molar-refractivity contribution < 1.29 is 19.6 Å². The van der Waals surface area contributed by atoms with Crippen LogP contribution in [0.1, 0.15) is 5.56 Å². The van der Waals surface area contributed by atoms with Gasteiger partial charge in [-0.2, -0.15) is 5.10 Å². The first-order chi connectivity index (χ1) is 17.5. The Morgan fingerprint density at radius 2 is 1.83 bits per heavy atom. The summed E-state index contributed by atoms with van der Waals surface area (Å²) >= 11 is 1.16. The molecule has 0 unspecified atom stereocenters. The van der Waals surface area contributed by atoms with Crippen LogP contribution in [-0.4, -0.2) is 44.7 Å². The number of methoxy groups -OCH3 is 1. The van der Waals surface area contributed by atoms with Crippen molar-refractivity contribution in [1.29, 1.82) is 0 Å². The number of ether oxygens (including phenoxy) is 1. The lowest BCUT2D eigenvalue weighted by Gasteiger charge is -2.14. The number of nitrogens with one attached hydrogen (secondary N) is 1.